The maximum absolute atomic E-state index is 12.4. The van der Waals surface area contributed by atoms with Crippen LogP contribution in [0.25, 0.3) is 4.96 Å². The van der Waals surface area contributed by atoms with Crippen molar-refractivity contribution < 1.29 is 9.59 Å². The maximum Gasteiger partial charge on any atom is 0.274 e. The number of amides is 2. The standard InChI is InChI=1S/C12H15N5O2S/c1-8-14-17-7-10(13-12(17)20-8)11(19)16-5-3-15(4-6-16)9(2)18/h7H,3-6H2,1-2H3. The highest BCUT2D eigenvalue weighted by Crippen LogP contribution is 2.15. The molecular formula is C12H15N5O2S. The third-order valence-electron chi connectivity index (χ3n) is 3.38. The van der Waals surface area contributed by atoms with E-state index in [2.05, 4.69) is 10.1 Å². The first-order valence-electron chi connectivity index (χ1n) is 6.42. The highest BCUT2D eigenvalue weighted by atomic mass is 32.1. The number of hydrogen-bond acceptors (Lipinski definition) is 5. The van der Waals surface area contributed by atoms with Crippen molar-refractivity contribution in [2.24, 2.45) is 0 Å². The van der Waals surface area contributed by atoms with E-state index in [-0.39, 0.29) is 11.8 Å². The first kappa shape index (κ1) is 13.0. The third-order valence-corrected chi connectivity index (χ3v) is 4.21. The summed E-state index contributed by atoms with van der Waals surface area (Å²) >= 11 is 1.46. The van der Waals surface area contributed by atoms with E-state index in [4.69, 9.17) is 0 Å². The van der Waals surface area contributed by atoms with Crippen LogP contribution in [0, 0.1) is 6.92 Å². The minimum atomic E-state index is -0.0939. The zero-order valence-corrected chi connectivity index (χ0v) is 12.2. The lowest BCUT2D eigenvalue weighted by atomic mass is 10.3. The first-order valence-corrected chi connectivity index (χ1v) is 7.24. The van der Waals surface area contributed by atoms with Gasteiger partial charge in [-0.2, -0.15) is 5.10 Å². The molecule has 0 radical (unpaired) electrons. The molecule has 7 nitrogen and oxygen atoms in total. The zero-order valence-electron chi connectivity index (χ0n) is 11.4. The highest BCUT2D eigenvalue weighted by molar-refractivity contribution is 7.16. The van der Waals surface area contributed by atoms with Crippen molar-refractivity contribution in [2.45, 2.75) is 13.8 Å². The van der Waals surface area contributed by atoms with Crippen molar-refractivity contribution in [3.8, 4) is 0 Å². The van der Waals surface area contributed by atoms with Crippen molar-refractivity contribution >= 4 is 28.1 Å². The number of carbonyl (C=O) groups is 2. The Morgan fingerprint density at radius 3 is 2.45 bits per heavy atom. The number of aromatic nitrogens is 3. The van der Waals surface area contributed by atoms with Crippen LogP contribution in [-0.2, 0) is 4.79 Å². The fourth-order valence-corrected chi connectivity index (χ4v) is 3.01. The second-order valence-corrected chi connectivity index (χ2v) is 5.93. The molecule has 0 bridgehead atoms. The molecule has 1 aliphatic heterocycles. The Balaban J connectivity index is 1.72. The number of fused-ring (bicyclic) bond motifs is 1. The molecule has 0 unspecified atom stereocenters. The van der Waals surface area contributed by atoms with E-state index in [1.165, 1.54) is 11.3 Å². The molecule has 1 fully saturated rings. The summed E-state index contributed by atoms with van der Waals surface area (Å²) in [4.78, 5) is 32.1. The van der Waals surface area contributed by atoms with Gasteiger partial charge in [0.1, 0.15) is 10.7 Å². The van der Waals surface area contributed by atoms with Crippen LogP contribution in [0.5, 0.6) is 0 Å². The van der Waals surface area contributed by atoms with Crippen molar-refractivity contribution in [2.75, 3.05) is 26.2 Å². The summed E-state index contributed by atoms with van der Waals surface area (Å²) in [7, 11) is 0. The van der Waals surface area contributed by atoms with Gasteiger partial charge in [0.05, 0.1) is 6.20 Å². The second-order valence-electron chi connectivity index (χ2n) is 4.77. The molecule has 1 saturated heterocycles. The summed E-state index contributed by atoms with van der Waals surface area (Å²) in [6.45, 7) is 5.73. The molecule has 0 aliphatic carbocycles. The lowest BCUT2D eigenvalue weighted by molar-refractivity contribution is -0.130. The zero-order chi connectivity index (χ0) is 14.3. The van der Waals surface area contributed by atoms with Gasteiger partial charge in [0.2, 0.25) is 10.9 Å². The number of aryl methyl sites for hydroxylation is 1. The van der Waals surface area contributed by atoms with Crippen molar-refractivity contribution in [1.29, 1.82) is 0 Å². The third kappa shape index (κ3) is 2.26. The summed E-state index contributed by atoms with van der Waals surface area (Å²) in [5.41, 5.74) is 0.417. The molecule has 0 spiro atoms. The predicted octanol–water partition coefficient (Wildman–Crippen LogP) is 0.404. The Kier molecular flexibility index (Phi) is 3.17. The van der Waals surface area contributed by atoms with Gasteiger partial charge in [-0.25, -0.2) is 9.50 Å². The molecule has 0 N–H and O–H groups in total. The molecule has 0 aromatic carbocycles. The molecule has 2 aromatic rings. The Hall–Kier alpha value is -1.96. The van der Waals surface area contributed by atoms with Gasteiger partial charge in [0.25, 0.3) is 5.91 Å². The lowest BCUT2D eigenvalue weighted by Gasteiger charge is -2.33. The van der Waals surface area contributed by atoms with Crippen LogP contribution in [-0.4, -0.2) is 62.4 Å². The maximum atomic E-state index is 12.4. The number of piperazine rings is 1. The topological polar surface area (TPSA) is 70.8 Å². The smallest absolute Gasteiger partial charge is 0.274 e. The van der Waals surface area contributed by atoms with Crippen LogP contribution in [0.1, 0.15) is 22.4 Å². The Morgan fingerprint density at radius 1 is 1.20 bits per heavy atom. The fourth-order valence-electron chi connectivity index (χ4n) is 2.29. The van der Waals surface area contributed by atoms with Gasteiger partial charge >= 0.3 is 0 Å². The van der Waals surface area contributed by atoms with E-state index in [1.54, 1.807) is 27.4 Å². The van der Waals surface area contributed by atoms with Gasteiger partial charge < -0.3 is 9.80 Å². The van der Waals surface area contributed by atoms with Crippen LogP contribution in [0.15, 0.2) is 6.20 Å². The molecule has 3 heterocycles. The SMILES string of the molecule is CC(=O)N1CCN(C(=O)c2cn3nc(C)sc3n2)CC1. The Labute approximate surface area is 119 Å². The highest BCUT2D eigenvalue weighted by Gasteiger charge is 2.25. The Morgan fingerprint density at radius 2 is 1.85 bits per heavy atom. The summed E-state index contributed by atoms with van der Waals surface area (Å²) in [6, 6.07) is 0. The van der Waals surface area contributed by atoms with Crippen LogP contribution in [0.3, 0.4) is 0 Å². The van der Waals surface area contributed by atoms with Gasteiger partial charge in [0, 0.05) is 33.1 Å². The van der Waals surface area contributed by atoms with E-state index in [9.17, 15) is 9.59 Å². The number of hydrogen-bond donors (Lipinski definition) is 0. The van der Waals surface area contributed by atoms with Gasteiger partial charge in [-0.1, -0.05) is 11.3 Å². The molecule has 0 saturated carbocycles. The first-order chi connectivity index (χ1) is 9.54. The fraction of sp³-hybridized carbons (Fsp3) is 0.500. The normalized spacial score (nSPS) is 15.9. The van der Waals surface area contributed by atoms with Crippen molar-refractivity contribution in [1.82, 2.24) is 24.4 Å². The second kappa shape index (κ2) is 4.86. The van der Waals surface area contributed by atoms with E-state index < -0.39 is 0 Å². The summed E-state index contributed by atoms with van der Waals surface area (Å²) in [5.74, 6) is -0.0390. The molecule has 20 heavy (non-hydrogen) atoms. The Bertz CT molecular complexity index is 637. The molecule has 106 valence electrons. The molecular weight excluding hydrogens is 278 g/mol. The number of rotatable bonds is 1. The van der Waals surface area contributed by atoms with Gasteiger partial charge in [-0.05, 0) is 6.92 Å². The largest absolute Gasteiger partial charge is 0.339 e. The average molecular weight is 293 g/mol. The number of carbonyl (C=O) groups excluding carboxylic acids is 2. The minimum absolute atomic E-state index is 0.0549. The van der Waals surface area contributed by atoms with Crippen LogP contribution < -0.4 is 0 Å². The van der Waals surface area contributed by atoms with E-state index in [0.717, 1.165) is 9.97 Å². The minimum Gasteiger partial charge on any atom is -0.339 e. The van der Waals surface area contributed by atoms with Crippen LogP contribution >= 0.6 is 11.3 Å². The molecule has 8 heteroatoms. The monoisotopic (exact) mass is 293 g/mol. The van der Waals surface area contributed by atoms with Gasteiger partial charge in [-0.3, -0.25) is 9.59 Å². The number of nitrogens with zero attached hydrogens (tertiary/aromatic N) is 5. The van der Waals surface area contributed by atoms with Crippen LogP contribution in [0.4, 0.5) is 0 Å². The lowest BCUT2D eigenvalue weighted by Crippen LogP contribution is -2.50. The molecule has 1 aliphatic rings. The van der Waals surface area contributed by atoms with Gasteiger partial charge in [0.15, 0.2) is 0 Å². The summed E-state index contributed by atoms with van der Waals surface area (Å²) in [6.07, 6.45) is 1.67. The molecule has 2 amide bonds. The summed E-state index contributed by atoms with van der Waals surface area (Å²) < 4.78 is 1.64. The van der Waals surface area contributed by atoms with Crippen molar-refractivity contribution in [3.63, 3.8) is 0 Å². The van der Waals surface area contributed by atoms with Crippen LogP contribution in [0.2, 0.25) is 0 Å². The van der Waals surface area contributed by atoms with E-state index >= 15 is 0 Å². The quantitative estimate of drug-likeness (QED) is 0.763. The van der Waals surface area contributed by atoms with Gasteiger partial charge in [-0.15, -0.1) is 0 Å². The molecule has 0 atom stereocenters. The predicted molar refractivity (Wildman–Crippen MR) is 73.8 cm³/mol. The molecule has 3 rings (SSSR count). The van der Waals surface area contributed by atoms with E-state index in [0.29, 0.717) is 31.9 Å². The number of imidazole rings is 1. The molecule has 2 aromatic heterocycles. The summed E-state index contributed by atoms with van der Waals surface area (Å²) in [5, 5.41) is 5.16. The average Bonchev–Trinajstić information content (AvgIpc) is 2.95. The van der Waals surface area contributed by atoms with Crippen molar-refractivity contribution in [3.05, 3.63) is 16.9 Å². The van der Waals surface area contributed by atoms with E-state index in [1.807, 2.05) is 6.92 Å².